The molecule has 0 aromatic heterocycles. The van der Waals surface area contributed by atoms with Crippen LogP contribution in [0.1, 0.15) is 31.2 Å². The largest absolute Gasteiger partial charge is 0.497 e. The van der Waals surface area contributed by atoms with Crippen molar-refractivity contribution in [2.24, 2.45) is 0 Å². The molecule has 2 heterocycles. The number of piperidine rings is 1. The van der Waals surface area contributed by atoms with E-state index in [2.05, 4.69) is 4.90 Å². The smallest absolute Gasteiger partial charge is 0.250 e. The summed E-state index contributed by atoms with van der Waals surface area (Å²) in [6.45, 7) is 4.17. The lowest BCUT2D eigenvalue weighted by atomic mass is 10.1. The van der Waals surface area contributed by atoms with Crippen LogP contribution in [0.5, 0.6) is 11.5 Å². The van der Waals surface area contributed by atoms with Crippen LogP contribution < -0.4 is 9.47 Å². The number of hydrogen-bond donors (Lipinski definition) is 1. The number of methoxy groups -OCH3 is 1. The quantitative estimate of drug-likeness (QED) is 0.747. The Labute approximate surface area is 159 Å². The highest BCUT2D eigenvalue weighted by atomic mass is 19.3. The maximum Gasteiger partial charge on any atom is 0.250 e. The molecule has 1 aromatic carbocycles. The van der Waals surface area contributed by atoms with Crippen molar-refractivity contribution in [2.45, 2.75) is 44.3 Å². The Bertz CT molecular complexity index is 599. The summed E-state index contributed by atoms with van der Waals surface area (Å²) in [4.78, 5) is 4.27. The number of aliphatic hydroxyl groups excluding tert-OH is 1. The number of ether oxygens (including phenoxy) is 2. The van der Waals surface area contributed by atoms with Gasteiger partial charge in [-0.15, -0.1) is 0 Å². The molecule has 2 aliphatic rings. The van der Waals surface area contributed by atoms with Crippen LogP contribution in [0.25, 0.3) is 0 Å². The van der Waals surface area contributed by atoms with E-state index >= 15 is 0 Å². The van der Waals surface area contributed by atoms with Crippen molar-refractivity contribution < 1.29 is 23.4 Å². The predicted octanol–water partition coefficient (Wildman–Crippen LogP) is 2.76. The van der Waals surface area contributed by atoms with Gasteiger partial charge in [-0.1, -0.05) is 6.07 Å². The van der Waals surface area contributed by atoms with Crippen molar-refractivity contribution >= 4 is 0 Å². The van der Waals surface area contributed by atoms with Gasteiger partial charge in [0.05, 0.1) is 7.11 Å². The Morgan fingerprint density at radius 2 is 1.81 bits per heavy atom. The number of halogens is 2. The maximum atomic E-state index is 13.4. The summed E-state index contributed by atoms with van der Waals surface area (Å²) in [5, 5.41) is 10.3. The van der Waals surface area contributed by atoms with Crippen LogP contribution in [0, 0.1) is 0 Å². The summed E-state index contributed by atoms with van der Waals surface area (Å²) in [5.41, 5.74) is 0.925. The first kappa shape index (κ1) is 20.3. The number of β-amino-alcohol motifs (C(OH)–C–C–N with tert-alkyl or cyclic N) is 1. The van der Waals surface area contributed by atoms with Gasteiger partial charge in [-0.25, -0.2) is 8.78 Å². The van der Waals surface area contributed by atoms with E-state index in [1.54, 1.807) is 13.2 Å². The number of likely N-dealkylation sites (tertiary alicyclic amines) is 2. The zero-order valence-corrected chi connectivity index (χ0v) is 16.0. The number of benzene rings is 1. The van der Waals surface area contributed by atoms with Crippen molar-refractivity contribution in [2.75, 3.05) is 46.4 Å². The third-order valence-corrected chi connectivity index (χ3v) is 5.35. The molecule has 7 heteroatoms. The van der Waals surface area contributed by atoms with Gasteiger partial charge >= 0.3 is 0 Å². The lowest BCUT2D eigenvalue weighted by Crippen LogP contribution is -2.39. The average molecular weight is 384 g/mol. The molecule has 1 N–H and O–H groups in total. The van der Waals surface area contributed by atoms with Gasteiger partial charge in [-0.3, -0.25) is 4.90 Å². The summed E-state index contributed by atoms with van der Waals surface area (Å²) >= 11 is 0. The molecule has 0 amide bonds. The molecule has 0 saturated carbocycles. The number of alkyl halides is 2. The first-order chi connectivity index (χ1) is 12.9. The fourth-order valence-electron chi connectivity index (χ4n) is 3.71. The monoisotopic (exact) mass is 384 g/mol. The number of nitrogens with zero attached hydrogens (tertiary/aromatic N) is 2. The van der Waals surface area contributed by atoms with E-state index in [9.17, 15) is 13.9 Å². The van der Waals surface area contributed by atoms with Gasteiger partial charge in [0, 0.05) is 50.7 Å². The highest BCUT2D eigenvalue weighted by Gasteiger charge is 2.34. The molecular weight excluding hydrogens is 354 g/mol. The Morgan fingerprint density at radius 1 is 1.11 bits per heavy atom. The first-order valence-electron chi connectivity index (χ1n) is 9.75. The van der Waals surface area contributed by atoms with Gasteiger partial charge < -0.3 is 19.5 Å². The third kappa shape index (κ3) is 6.02. The molecular formula is C20H30F2N2O3. The van der Waals surface area contributed by atoms with Gasteiger partial charge in [0.25, 0.3) is 5.92 Å². The van der Waals surface area contributed by atoms with E-state index < -0.39 is 12.0 Å². The number of rotatable bonds is 8. The molecule has 2 fully saturated rings. The Morgan fingerprint density at radius 3 is 2.48 bits per heavy atom. The summed E-state index contributed by atoms with van der Waals surface area (Å²) in [7, 11) is 1.59. The molecule has 3 rings (SSSR count). The molecule has 0 aliphatic carbocycles. The Hall–Kier alpha value is -1.44. The Kier molecular flexibility index (Phi) is 6.89. The van der Waals surface area contributed by atoms with Crippen molar-refractivity contribution in [3.63, 3.8) is 0 Å². The summed E-state index contributed by atoms with van der Waals surface area (Å²) in [5.74, 6) is -1.23. The minimum Gasteiger partial charge on any atom is -0.497 e. The van der Waals surface area contributed by atoms with E-state index in [-0.39, 0.29) is 19.4 Å². The second kappa shape index (κ2) is 9.17. The highest BCUT2D eigenvalue weighted by molar-refractivity contribution is 5.40. The van der Waals surface area contributed by atoms with Gasteiger partial charge in [0.1, 0.15) is 24.2 Å². The van der Waals surface area contributed by atoms with Crippen LogP contribution >= 0.6 is 0 Å². The minimum atomic E-state index is -2.55. The molecule has 1 unspecified atom stereocenters. The third-order valence-electron chi connectivity index (χ3n) is 5.35. The lowest BCUT2D eigenvalue weighted by Gasteiger charge is -2.32. The SMILES string of the molecule is COc1ccc(CN2CCC(F)(F)CC2)c(OCC(O)CN2CCCC2)c1. The van der Waals surface area contributed by atoms with E-state index in [1.165, 1.54) is 12.8 Å². The van der Waals surface area contributed by atoms with Crippen LogP contribution in [-0.2, 0) is 6.54 Å². The molecule has 27 heavy (non-hydrogen) atoms. The second-order valence-electron chi connectivity index (χ2n) is 7.58. The topological polar surface area (TPSA) is 45.2 Å². The van der Waals surface area contributed by atoms with Gasteiger partial charge in [-0.05, 0) is 32.0 Å². The van der Waals surface area contributed by atoms with Crippen LogP contribution in [-0.4, -0.2) is 73.4 Å². The minimum absolute atomic E-state index is 0.103. The molecule has 5 nitrogen and oxygen atoms in total. The zero-order valence-electron chi connectivity index (χ0n) is 16.0. The number of hydrogen-bond acceptors (Lipinski definition) is 5. The lowest BCUT2D eigenvalue weighted by molar-refractivity contribution is -0.0567. The molecule has 2 aliphatic heterocycles. The van der Waals surface area contributed by atoms with Gasteiger partial charge in [0.15, 0.2) is 0 Å². The first-order valence-corrected chi connectivity index (χ1v) is 9.75. The maximum absolute atomic E-state index is 13.4. The van der Waals surface area contributed by atoms with Crippen molar-refractivity contribution in [1.29, 1.82) is 0 Å². The molecule has 1 aromatic rings. The molecule has 0 bridgehead atoms. The van der Waals surface area contributed by atoms with E-state index in [4.69, 9.17) is 9.47 Å². The average Bonchev–Trinajstić information content (AvgIpc) is 3.15. The van der Waals surface area contributed by atoms with Gasteiger partial charge in [-0.2, -0.15) is 0 Å². The summed E-state index contributed by atoms with van der Waals surface area (Å²) in [6.07, 6.45) is 1.60. The summed E-state index contributed by atoms with van der Waals surface area (Å²) in [6, 6.07) is 5.56. The molecule has 0 radical (unpaired) electrons. The van der Waals surface area contributed by atoms with Crippen LogP contribution in [0.2, 0.25) is 0 Å². The predicted molar refractivity (Wildman–Crippen MR) is 99.6 cm³/mol. The van der Waals surface area contributed by atoms with Crippen molar-refractivity contribution in [1.82, 2.24) is 9.80 Å². The molecule has 152 valence electrons. The van der Waals surface area contributed by atoms with Gasteiger partial charge in [0.2, 0.25) is 0 Å². The highest BCUT2D eigenvalue weighted by Crippen LogP contribution is 2.31. The molecule has 0 spiro atoms. The van der Waals surface area contributed by atoms with Crippen molar-refractivity contribution in [3.05, 3.63) is 23.8 Å². The summed E-state index contributed by atoms with van der Waals surface area (Å²) < 4.78 is 37.9. The van der Waals surface area contributed by atoms with E-state index in [0.717, 1.165) is 18.7 Å². The number of aliphatic hydroxyl groups is 1. The van der Waals surface area contributed by atoms with E-state index in [1.807, 2.05) is 17.0 Å². The van der Waals surface area contributed by atoms with Crippen molar-refractivity contribution in [3.8, 4) is 11.5 Å². The standard InChI is InChI=1S/C20H30F2N2O3/c1-26-18-5-4-16(13-24-10-6-20(21,22)7-11-24)19(12-18)27-15-17(25)14-23-8-2-3-9-23/h4-5,12,17,25H,2-3,6-11,13-15H2,1H3. The van der Waals surface area contributed by atoms with Crippen LogP contribution in [0.3, 0.4) is 0 Å². The Balaban J connectivity index is 1.58. The zero-order chi connectivity index (χ0) is 19.3. The second-order valence-corrected chi connectivity index (χ2v) is 7.58. The van der Waals surface area contributed by atoms with E-state index in [0.29, 0.717) is 37.7 Å². The van der Waals surface area contributed by atoms with Crippen LogP contribution in [0.4, 0.5) is 8.78 Å². The molecule has 2 saturated heterocycles. The fourth-order valence-corrected chi connectivity index (χ4v) is 3.71. The van der Waals surface area contributed by atoms with Crippen LogP contribution in [0.15, 0.2) is 18.2 Å². The normalized spacial score (nSPS) is 21.9. The fraction of sp³-hybridized carbons (Fsp3) is 0.700. The molecule has 1 atom stereocenters.